The fraction of sp³-hybridized carbons (Fsp3) is 0.500. The van der Waals surface area contributed by atoms with Crippen LogP contribution in [0.4, 0.5) is 0 Å². The number of nitrogens with zero attached hydrogens (tertiary/aromatic N) is 1. The van der Waals surface area contributed by atoms with Crippen LogP contribution in [0.2, 0.25) is 10.0 Å². The van der Waals surface area contributed by atoms with Crippen molar-refractivity contribution in [3.05, 3.63) is 33.8 Å². The summed E-state index contributed by atoms with van der Waals surface area (Å²) in [5.41, 5.74) is 6.69. The van der Waals surface area contributed by atoms with Gasteiger partial charge in [-0.3, -0.25) is 19.6 Å². The van der Waals surface area contributed by atoms with Crippen LogP contribution < -0.4 is 11.1 Å². The van der Waals surface area contributed by atoms with Gasteiger partial charge in [-0.1, -0.05) is 49.0 Å². The number of rotatable bonds is 12. The second-order valence-corrected chi connectivity index (χ2v) is 7.12. The number of carbonyl (C=O) groups is 3. The van der Waals surface area contributed by atoms with Crippen LogP contribution in [0, 0.1) is 5.92 Å². The van der Waals surface area contributed by atoms with Gasteiger partial charge >= 0.3 is 0 Å². The average molecular weight is 418 g/mol. The van der Waals surface area contributed by atoms with E-state index in [1.165, 1.54) is 0 Å². The van der Waals surface area contributed by atoms with Crippen molar-refractivity contribution in [3.63, 3.8) is 0 Å². The molecule has 1 rings (SSSR count). The van der Waals surface area contributed by atoms with Crippen LogP contribution >= 0.6 is 23.2 Å². The summed E-state index contributed by atoms with van der Waals surface area (Å²) < 4.78 is 0. The van der Waals surface area contributed by atoms with Crippen molar-refractivity contribution in [1.29, 1.82) is 0 Å². The first-order valence-corrected chi connectivity index (χ1v) is 9.44. The molecule has 1 aromatic carbocycles. The topological polar surface area (TPSA) is 113 Å². The number of ketones is 1. The Kier molecular flexibility index (Phi) is 10.3. The van der Waals surface area contributed by atoms with Gasteiger partial charge in [0.05, 0.1) is 29.1 Å². The SMILES string of the molecule is CCCCC(CN(O)C=O)C(=O)NCC(=O)CC(N)c1ccc(Cl)c(Cl)c1. The molecule has 9 heteroatoms. The number of unbranched alkanes of at least 4 members (excludes halogenated alkanes) is 1. The van der Waals surface area contributed by atoms with Crippen LogP contribution in [0.15, 0.2) is 18.2 Å². The van der Waals surface area contributed by atoms with E-state index in [1.807, 2.05) is 6.92 Å². The molecule has 0 aliphatic carbocycles. The molecule has 2 amide bonds. The molecule has 0 heterocycles. The first kappa shape index (κ1) is 23.4. The maximum absolute atomic E-state index is 12.3. The van der Waals surface area contributed by atoms with E-state index in [9.17, 15) is 19.6 Å². The number of amides is 2. The van der Waals surface area contributed by atoms with Gasteiger partial charge in [-0.2, -0.15) is 0 Å². The summed E-state index contributed by atoms with van der Waals surface area (Å²) in [5, 5.41) is 13.1. The number of halogens is 2. The molecule has 0 saturated carbocycles. The fourth-order valence-corrected chi connectivity index (χ4v) is 2.84. The predicted molar refractivity (Wildman–Crippen MR) is 104 cm³/mol. The molecule has 0 saturated heterocycles. The normalized spacial score (nSPS) is 12.9. The Bertz CT molecular complexity index is 657. The van der Waals surface area contributed by atoms with E-state index in [0.717, 1.165) is 12.8 Å². The zero-order valence-electron chi connectivity index (χ0n) is 15.2. The van der Waals surface area contributed by atoms with Gasteiger partial charge in [-0.25, -0.2) is 5.06 Å². The number of hydrogen-bond acceptors (Lipinski definition) is 5. The minimum absolute atomic E-state index is 0.0261. The lowest BCUT2D eigenvalue weighted by molar-refractivity contribution is -0.154. The van der Waals surface area contributed by atoms with Crippen molar-refractivity contribution in [2.24, 2.45) is 11.7 Å². The molecule has 7 nitrogen and oxygen atoms in total. The largest absolute Gasteiger partial charge is 0.349 e. The Morgan fingerprint density at radius 1 is 1.33 bits per heavy atom. The Morgan fingerprint density at radius 3 is 2.63 bits per heavy atom. The molecular formula is C18H25Cl2N3O4. The maximum Gasteiger partial charge on any atom is 0.233 e. The zero-order valence-corrected chi connectivity index (χ0v) is 16.7. The molecule has 0 aliphatic heterocycles. The molecule has 2 unspecified atom stereocenters. The van der Waals surface area contributed by atoms with E-state index >= 15 is 0 Å². The summed E-state index contributed by atoms with van der Waals surface area (Å²) >= 11 is 11.8. The number of Topliss-reactive ketones (excluding diaryl/α,β-unsaturated/α-hetero) is 1. The summed E-state index contributed by atoms with van der Waals surface area (Å²) in [5.74, 6) is -1.22. The molecule has 1 aromatic rings. The van der Waals surface area contributed by atoms with Crippen LogP contribution in [0.5, 0.6) is 0 Å². The Hall–Kier alpha value is -1.67. The van der Waals surface area contributed by atoms with Crippen LogP contribution in [0.1, 0.15) is 44.2 Å². The highest BCUT2D eigenvalue weighted by atomic mass is 35.5. The van der Waals surface area contributed by atoms with Crippen molar-refractivity contribution in [1.82, 2.24) is 10.4 Å². The van der Waals surface area contributed by atoms with E-state index in [-0.39, 0.29) is 37.6 Å². The third kappa shape index (κ3) is 8.26. The second-order valence-electron chi connectivity index (χ2n) is 6.31. The molecule has 0 fully saturated rings. The molecule has 0 aliphatic rings. The fourth-order valence-electron chi connectivity index (χ4n) is 2.53. The lowest BCUT2D eigenvalue weighted by Gasteiger charge is -2.19. The lowest BCUT2D eigenvalue weighted by Crippen LogP contribution is -2.40. The van der Waals surface area contributed by atoms with E-state index < -0.39 is 12.0 Å². The van der Waals surface area contributed by atoms with Gasteiger partial charge in [-0.15, -0.1) is 0 Å². The van der Waals surface area contributed by atoms with Gasteiger partial charge in [0.25, 0.3) is 0 Å². The van der Waals surface area contributed by atoms with Gasteiger partial charge in [0.2, 0.25) is 12.3 Å². The molecular weight excluding hydrogens is 393 g/mol. The third-order valence-corrected chi connectivity index (χ3v) is 4.82. The Morgan fingerprint density at radius 2 is 2.04 bits per heavy atom. The van der Waals surface area contributed by atoms with Crippen molar-refractivity contribution < 1.29 is 19.6 Å². The number of nitrogens with two attached hydrogens (primary N) is 1. The number of hydroxylamine groups is 2. The van der Waals surface area contributed by atoms with Crippen molar-refractivity contribution in [2.75, 3.05) is 13.1 Å². The Labute approximate surface area is 168 Å². The summed E-state index contributed by atoms with van der Waals surface area (Å²) in [4.78, 5) is 35.0. The first-order chi connectivity index (χ1) is 12.8. The monoisotopic (exact) mass is 417 g/mol. The summed E-state index contributed by atoms with van der Waals surface area (Å²) in [6, 6.07) is 4.34. The highest BCUT2D eigenvalue weighted by Gasteiger charge is 2.21. The highest BCUT2D eigenvalue weighted by molar-refractivity contribution is 6.42. The van der Waals surface area contributed by atoms with Crippen molar-refractivity contribution in [3.8, 4) is 0 Å². The third-order valence-electron chi connectivity index (χ3n) is 4.09. The first-order valence-electron chi connectivity index (χ1n) is 8.69. The van der Waals surface area contributed by atoms with Crippen LogP contribution in [0.25, 0.3) is 0 Å². The second kappa shape index (κ2) is 11.9. The minimum atomic E-state index is -0.586. The predicted octanol–water partition coefficient (Wildman–Crippen LogP) is 2.72. The number of hydrogen-bond donors (Lipinski definition) is 3. The maximum atomic E-state index is 12.3. The molecule has 150 valence electrons. The summed E-state index contributed by atoms with van der Waals surface area (Å²) in [7, 11) is 0. The van der Waals surface area contributed by atoms with E-state index in [1.54, 1.807) is 18.2 Å². The molecule has 4 N–H and O–H groups in total. The van der Waals surface area contributed by atoms with Crippen molar-refractivity contribution >= 4 is 41.3 Å². The minimum Gasteiger partial charge on any atom is -0.349 e. The van der Waals surface area contributed by atoms with Gasteiger partial charge in [0.15, 0.2) is 5.78 Å². The quantitative estimate of drug-likeness (QED) is 0.275. The highest BCUT2D eigenvalue weighted by Crippen LogP contribution is 2.26. The van der Waals surface area contributed by atoms with Crippen LogP contribution in [-0.2, 0) is 14.4 Å². The van der Waals surface area contributed by atoms with Crippen LogP contribution in [-0.4, -0.2) is 41.5 Å². The average Bonchev–Trinajstić information content (AvgIpc) is 2.64. The van der Waals surface area contributed by atoms with E-state index in [2.05, 4.69) is 5.32 Å². The smallest absolute Gasteiger partial charge is 0.233 e. The molecule has 2 atom stereocenters. The summed E-state index contributed by atoms with van der Waals surface area (Å²) in [6.07, 6.45) is 2.41. The zero-order chi connectivity index (χ0) is 20.4. The van der Waals surface area contributed by atoms with Crippen molar-refractivity contribution in [2.45, 2.75) is 38.6 Å². The van der Waals surface area contributed by atoms with Gasteiger partial charge in [0.1, 0.15) is 0 Å². The molecule has 0 spiro atoms. The molecule has 0 bridgehead atoms. The van der Waals surface area contributed by atoms with Crippen LogP contribution in [0.3, 0.4) is 0 Å². The molecule has 27 heavy (non-hydrogen) atoms. The van der Waals surface area contributed by atoms with Gasteiger partial charge < -0.3 is 11.1 Å². The van der Waals surface area contributed by atoms with E-state index in [4.69, 9.17) is 28.9 Å². The number of benzene rings is 1. The summed E-state index contributed by atoms with van der Waals surface area (Å²) in [6.45, 7) is 1.68. The Balaban J connectivity index is 2.55. The number of carbonyl (C=O) groups excluding carboxylic acids is 3. The standard InChI is InChI=1S/C18H25Cl2N3O4/c1-2-3-4-13(10-23(27)11-24)18(26)22-9-14(25)8-17(21)12-5-6-15(19)16(20)7-12/h5-7,11,13,17,27H,2-4,8-10,21H2,1H3,(H,22,26). The molecule has 0 aromatic heterocycles. The van der Waals surface area contributed by atoms with E-state index in [0.29, 0.717) is 27.1 Å². The number of nitrogens with one attached hydrogen (secondary N) is 1. The van der Waals surface area contributed by atoms with Gasteiger partial charge in [0, 0.05) is 12.5 Å². The van der Waals surface area contributed by atoms with Gasteiger partial charge in [-0.05, 0) is 24.1 Å². The molecule has 0 radical (unpaired) electrons. The lowest BCUT2D eigenvalue weighted by atomic mass is 10.00.